The number of carbonyl (C=O) groups excluding carboxylic acids is 3. The number of ketones is 1. The molecule has 0 radical (unpaired) electrons. The lowest BCUT2D eigenvalue weighted by molar-refractivity contribution is -0.139. The highest BCUT2D eigenvalue weighted by Crippen LogP contribution is 2.45. The molecule has 3 heterocycles. The number of aromatic nitrogens is 1. The van der Waals surface area contributed by atoms with E-state index in [2.05, 4.69) is 0 Å². The summed E-state index contributed by atoms with van der Waals surface area (Å²) < 4.78 is 5.28. The van der Waals surface area contributed by atoms with Crippen molar-refractivity contribution >= 4 is 50.8 Å². The molecule has 2 amide bonds. The number of thiophene rings is 1. The van der Waals surface area contributed by atoms with Gasteiger partial charge >= 0.3 is 0 Å². The van der Waals surface area contributed by atoms with Crippen molar-refractivity contribution in [2.75, 3.05) is 7.11 Å². The molecule has 1 aromatic carbocycles. The summed E-state index contributed by atoms with van der Waals surface area (Å²) in [7, 11) is 1.61. The molecule has 2 aromatic heterocycles. The number of likely N-dealkylation sites (tertiary alicyclic amines) is 1. The number of carbonyl (C=O) groups is 3. The van der Waals surface area contributed by atoms with Crippen LogP contribution in [0.4, 0.5) is 0 Å². The molecule has 0 saturated carbocycles. The summed E-state index contributed by atoms with van der Waals surface area (Å²) >= 11 is 8.39. The summed E-state index contributed by atoms with van der Waals surface area (Å²) in [4.78, 5) is 44.2. The number of fused-ring (bicyclic) bond motifs is 3. The van der Waals surface area contributed by atoms with Crippen LogP contribution in [0.3, 0.4) is 0 Å². The van der Waals surface area contributed by atoms with Crippen molar-refractivity contribution in [2.45, 2.75) is 38.6 Å². The van der Waals surface area contributed by atoms with Gasteiger partial charge in [-0.3, -0.25) is 19.3 Å². The van der Waals surface area contributed by atoms with E-state index in [0.717, 1.165) is 37.5 Å². The lowest BCUT2D eigenvalue weighted by Gasteiger charge is -2.18. The maximum absolute atomic E-state index is 12.2. The molecule has 1 aliphatic heterocycles. The van der Waals surface area contributed by atoms with Crippen molar-refractivity contribution in [1.82, 2.24) is 9.88 Å². The van der Waals surface area contributed by atoms with E-state index in [9.17, 15) is 14.4 Å². The van der Waals surface area contributed by atoms with Crippen LogP contribution in [-0.2, 0) is 33.8 Å². The monoisotopic (exact) mass is 454 g/mol. The predicted octanol–water partition coefficient (Wildman–Crippen LogP) is 4.33. The second-order valence-corrected chi connectivity index (χ2v) is 9.21. The number of hydrogen-bond donors (Lipinski definition) is 0. The quantitative estimate of drug-likeness (QED) is 0.548. The Morgan fingerprint density at radius 2 is 1.77 bits per heavy atom. The highest BCUT2D eigenvalue weighted by Gasteiger charge is 2.32. The van der Waals surface area contributed by atoms with Crippen molar-refractivity contribution in [3.05, 3.63) is 45.4 Å². The second kappa shape index (κ2) is 7.73. The number of rotatable bonds is 4. The smallest absolute Gasteiger partial charge is 0.230 e. The molecular formula is C23H19ClN2O4S. The van der Waals surface area contributed by atoms with Gasteiger partial charge in [-0.1, -0.05) is 23.7 Å². The topological polar surface area (TPSA) is 76.6 Å². The molecule has 158 valence electrons. The molecule has 0 bridgehead atoms. The Labute approximate surface area is 187 Å². The van der Waals surface area contributed by atoms with Crippen LogP contribution >= 0.6 is 22.9 Å². The van der Waals surface area contributed by atoms with Gasteiger partial charge in [0.1, 0.15) is 16.4 Å². The van der Waals surface area contributed by atoms with Crippen LogP contribution in [0.15, 0.2) is 24.3 Å². The number of imide groups is 1. The van der Waals surface area contributed by atoms with E-state index in [1.807, 2.05) is 24.3 Å². The van der Waals surface area contributed by atoms with Crippen LogP contribution in [0.1, 0.15) is 35.4 Å². The maximum atomic E-state index is 12.2. The fourth-order valence-corrected chi connectivity index (χ4v) is 5.86. The lowest BCUT2D eigenvalue weighted by Crippen LogP contribution is -2.29. The fourth-order valence-electron chi connectivity index (χ4n) is 4.28. The number of aryl methyl sites for hydroxylation is 1. The average molecular weight is 455 g/mol. The van der Waals surface area contributed by atoms with Gasteiger partial charge in [0.2, 0.25) is 11.8 Å². The van der Waals surface area contributed by atoms with E-state index in [1.165, 1.54) is 16.2 Å². The standard InChI is InChI=1S/C23H19ClN2O4S/c1-30-14-5-2-12(3-6-14)20-21-15-7-4-13(27)10-17(15)31-23(21)25-16(22(20)24)11-26-18(28)8-9-19(26)29/h2-3,5-6H,4,7-11H2,1H3. The minimum Gasteiger partial charge on any atom is -0.497 e. The molecule has 2 aliphatic rings. The van der Waals surface area contributed by atoms with Gasteiger partial charge in [0.25, 0.3) is 0 Å². The van der Waals surface area contributed by atoms with Gasteiger partial charge < -0.3 is 4.74 Å². The summed E-state index contributed by atoms with van der Waals surface area (Å²) in [6.07, 6.45) is 2.03. The largest absolute Gasteiger partial charge is 0.497 e. The third-order valence-corrected chi connectivity index (χ3v) is 7.42. The Morgan fingerprint density at radius 3 is 2.45 bits per heavy atom. The first-order valence-corrected chi connectivity index (χ1v) is 11.3. The second-order valence-electron chi connectivity index (χ2n) is 7.75. The molecule has 6 nitrogen and oxygen atoms in total. The van der Waals surface area contributed by atoms with Crippen LogP contribution < -0.4 is 4.74 Å². The minimum absolute atomic E-state index is 0.0527. The molecule has 1 saturated heterocycles. The average Bonchev–Trinajstić information content (AvgIpc) is 3.28. The van der Waals surface area contributed by atoms with Crippen molar-refractivity contribution in [2.24, 2.45) is 0 Å². The molecule has 5 rings (SSSR count). The summed E-state index contributed by atoms with van der Waals surface area (Å²) in [5.74, 6) is 0.552. The number of hydrogen-bond acceptors (Lipinski definition) is 6. The van der Waals surface area contributed by atoms with E-state index in [4.69, 9.17) is 21.3 Å². The molecule has 0 atom stereocenters. The van der Waals surface area contributed by atoms with Gasteiger partial charge in [0.15, 0.2) is 0 Å². The Balaban J connectivity index is 1.72. The summed E-state index contributed by atoms with van der Waals surface area (Å²) in [6.45, 7) is 0.0527. The number of pyridine rings is 1. The highest BCUT2D eigenvalue weighted by atomic mass is 35.5. The summed E-state index contributed by atoms with van der Waals surface area (Å²) in [5.41, 5.74) is 3.35. The molecular weight excluding hydrogens is 436 g/mol. The Bertz CT molecular complexity index is 1230. The van der Waals surface area contributed by atoms with E-state index >= 15 is 0 Å². The van der Waals surface area contributed by atoms with Crippen LogP contribution in [0, 0.1) is 0 Å². The predicted molar refractivity (Wildman–Crippen MR) is 118 cm³/mol. The highest BCUT2D eigenvalue weighted by molar-refractivity contribution is 7.19. The number of halogens is 1. The summed E-state index contributed by atoms with van der Waals surface area (Å²) in [6, 6.07) is 7.61. The number of ether oxygens (including phenoxy) is 1. The van der Waals surface area contributed by atoms with E-state index in [-0.39, 0.29) is 37.0 Å². The number of amides is 2. The van der Waals surface area contributed by atoms with Gasteiger partial charge in [-0.15, -0.1) is 11.3 Å². The molecule has 31 heavy (non-hydrogen) atoms. The normalized spacial score (nSPS) is 16.3. The molecule has 0 unspecified atom stereocenters. The first-order chi connectivity index (χ1) is 15.0. The lowest BCUT2D eigenvalue weighted by atomic mass is 9.92. The van der Waals surface area contributed by atoms with Crippen LogP contribution in [0.5, 0.6) is 5.75 Å². The van der Waals surface area contributed by atoms with Crippen molar-refractivity contribution < 1.29 is 19.1 Å². The molecule has 8 heteroatoms. The molecule has 1 aliphatic carbocycles. The van der Waals surface area contributed by atoms with Crippen molar-refractivity contribution in [3.63, 3.8) is 0 Å². The van der Waals surface area contributed by atoms with Gasteiger partial charge in [0.05, 0.1) is 24.4 Å². The van der Waals surface area contributed by atoms with Crippen LogP contribution in [0.2, 0.25) is 5.02 Å². The fraction of sp³-hybridized carbons (Fsp3) is 0.304. The number of methoxy groups -OCH3 is 1. The third-order valence-electron chi connectivity index (χ3n) is 5.88. The molecule has 0 N–H and O–H groups in total. The SMILES string of the molecule is COc1ccc(-c2c(Cl)c(CN3C(=O)CCC3=O)nc3sc4c(c23)CCC(=O)C4)cc1. The summed E-state index contributed by atoms with van der Waals surface area (Å²) in [5, 5.41) is 1.40. The number of benzene rings is 1. The zero-order valence-electron chi connectivity index (χ0n) is 16.9. The van der Waals surface area contributed by atoms with Gasteiger partial charge in [-0.25, -0.2) is 4.98 Å². The number of nitrogens with zero attached hydrogens (tertiary/aromatic N) is 2. The van der Waals surface area contributed by atoms with Crippen LogP contribution in [0.25, 0.3) is 21.3 Å². The van der Waals surface area contributed by atoms with Crippen LogP contribution in [-0.4, -0.2) is 34.6 Å². The minimum atomic E-state index is -0.204. The molecule has 1 fully saturated rings. The number of Topliss-reactive ketones (excluding diaryl/α,β-unsaturated/α-hetero) is 1. The first kappa shape index (κ1) is 20.2. The zero-order valence-corrected chi connectivity index (χ0v) is 18.4. The Kier molecular flexibility index (Phi) is 5.02. The van der Waals surface area contributed by atoms with Crippen molar-refractivity contribution in [1.29, 1.82) is 0 Å². The first-order valence-electron chi connectivity index (χ1n) is 10.1. The van der Waals surface area contributed by atoms with Crippen molar-refractivity contribution in [3.8, 4) is 16.9 Å². The maximum Gasteiger partial charge on any atom is 0.230 e. The third kappa shape index (κ3) is 3.42. The molecule has 3 aromatic rings. The van der Waals surface area contributed by atoms with Gasteiger partial charge in [-0.05, 0) is 29.7 Å². The van der Waals surface area contributed by atoms with E-state index in [1.54, 1.807) is 7.11 Å². The Hall–Kier alpha value is -2.77. The van der Waals surface area contributed by atoms with E-state index in [0.29, 0.717) is 30.0 Å². The van der Waals surface area contributed by atoms with Gasteiger partial charge in [-0.2, -0.15) is 0 Å². The zero-order chi connectivity index (χ0) is 21.7. The van der Waals surface area contributed by atoms with E-state index < -0.39 is 0 Å². The molecule has 0 spiro atoms. The van der Waals surface area contributed by atoms with Gasteiger partial charge in [0, 0.05) is 41.5 Å². The Morgan fingerprint density at radius 1 is 1.06 bits per heavy atom.